The molecule has 0 aliphatic rings. The van der Waals surface area contributed by atoms with Gasteiger partial charge in [0.2, 0.25) is 0 Å². The van der Waals surface area contributed by atoms with Crippen LogP contribution in [0, 0.1) is 0 Å². The molecule has 2 aromatic carbocycles. The Balaban J connectivity index is 1.72. The van der Waals surface area contributed by atoms with E-state index >= 15 is 0 Å². The molecular weight excluding hydrogens is 314 g/mol. The summed E-state index contributed by atoms with van der Waals surface area (Å²) in [7, 11) is 0. The van der Waals surface area contributed by atoms with Crippen molar-refractivity contribution < 1.29 is 10.2 Å². The largest absolute Gasteiger partial charge is 0.507 e. The fraction of sp³-hybridized carbons (Fsp3) is 0.300. The Hall–Kier alpha value is -2.66. The van der Waals surface area contributed by atoms with Crippen molar-refractivity contribution in [1.82, 2.24) is 5.32 Å². The second kappa shape index (κ2) is 9.59. The molecule has 0 fully saturated rings. The Morgan fingerprint density at radius 1 is 0.760 bits per heavy atom. The maximum absolute atomic E-state index is 9.79. The van der Waals surface area contributed by atoms with E-state index in [0.717, 1.165) is 35.6 Å². The van der Waals surface area contributed by atoms with Crippen molar-refractivity contribution in [2.24, 2.45) is 9.98 Å². The molecule has 0 aliphatic carbocycles. The quantitative estimate of drug-likeness (QED) is 0.511. The van der Waals surface area contributed by atoms with Crippen LogP contribution in [0.4, 0.5) is 0 Å². The molecule has 0 aromatic heterocycles. The molecule has 0 amide bonds. The topological polar surface area (TPSA) is 77.2 Å². The van der Waals surface area contributed by atoms with Crippen LogP contribution in [-0.2, 0) is 0 Å². The number of phenols is 2. The molecule has 5 nitrogen and oxygen atoms in total. The van der Waals surface area contributed by atoms with Gasteiger partial charge >= 0.3 is 0 Å². The highest BCUT2D eigenvalue weighted by Gasteiger charge is 2.03. The molecule has 3 N–H and O–H groups in total. The summed E-state index contributed by atoms with van der Waals surface area (Å²) in [6, 6.07) is 14.4. The van der Waals surface area contributed by atoms with E-state index in [1.807, 2.05) is 38.1 Å². The van der Waals surface area contributed by atoms with Gasteiger partial charge in [-0.15, -0.1) is 0 Å². The minimum Gasteiger partial charge on any atom is -0.507 e. The van der Waals surface area contributed by atoms with E-state index in [1.54, 1.807) is 24.3 Å². The number of phenolic OH excluding ortho intramolecular Hbond substituents is 2. The highest BCUT2D eigenvalue weighted by molar-refractivity contribution is 6.01. The smallest absolute Gasteiger partial charge is 0.124 e. The van der Waals surface area contributed by atoms with Gasteiger partial charge in [-0.05, 0) is 38.1 Å². The summed E-state index contributed by atoms with van der Waals surface area (Å²) in [5.74, 6) is 0.511. The molecular formula is C20H25N3O2. The average molecular weight is 339 g/mol. The van der Waals surface area contributed by atoms with Crippen molar-refractivity contribution in [3.63, 3.8) is 0 Å². The lowest BCUT2D eigenvalue weighted by atomic mass is 10.1. The Labute approximate surface area is 148 Å². The highest BCUT2D eigenvalue weighted by atomic mass is 16.3. The van der Waals surface area contributed by atoms with E-state index in [9.17, 15) is 10.2 Å². The second-order valence-electron chi connectivity index (χ2n) is 5.72. The number of aliphatic imine (C=N–C) groups is 2. The zero-order chi connectivity index (χ0) is 18.1. The number of nitrogens with one attached hydrogen (secondary N) is 1. The zero-order valence-corrected chi connectivity index (χ0v) is 14.7. The van der Waals surface area contributed by atoms with E-state index < -0.39 is 0 Å². The SMILES string of the molecule is C/C(=N\CCNCC/N=C(\C)c1ccccc1O)c1ccccc1O. The minimum absolute atomic E-state index is 0.255. The number of hydrogen-bond donors (Lipinski definition) is 3. The van der Waals surface area contributed by atoms with Gasteiger partial charge in [0.05, 0.1) is 13.1 Å². The zero-order valence-electron chi connectivity index (χ0n) is 14.7. The molecule has 2 rings (SSSR count). The molecule has 0 bridgehead atoms. The highest BCUT2D eigenvalue weighted by Crippen LogP contribution is 2.17. The van der Waals surface area contributed by atoms with Crippen molar-refractivity contribution in [1.29, 1.82) is 0 Å². The first kappa shape index (κ1) is 18.7. The first-order valence-electron chi connectivity index (χ1n) is 8.39. The normalized spacial score (nSPS) is 12.4. The van der Waals surface area contributed by atoms with Crippen LogP contribution >= 0.6 is 0 Å². The third kappa shape index (κ3) is 5.72. The third-order valence-electron chi connectivity index (χ3n) is 3.86. The Kier molecular flexibility index (Phi) is 7.16. The maximum atomic E-state index is 9.79. The van der Waals surface area contributed by atoms with E-state index in [1.165, 1.54) is 0 Å². The second-order valence-corrected chi connectivity index (χ2v) is 5.72. The first-order chi connectivity index (χ1) is 12.1. The molecule has 0 aliphatic heterocycles. The standard InChI is InChI=1S/C20H25N3O2/c1-15(17-7-3-5-9-19(17)24)22-13-11-21-12-14-23-16(2)18-8-4-6-10-20(18)25/h3-10,21,24-25H,11-14H2,1-2H3/b22-15+,23-16+. The van der Waals surface area contributed by atoms with Crippen molar-refractivity contribution in [3.05, 3.63) is 59.7 Å². The molecule has 2 aromatic rings. The molecule has 0 saturated heterocycles. The van der Waals surface area contributed by atoms with Crippen LogP contribution in [0.15, 0.2) is 58.5 Å². The fourth-order valence-electron chi connectivity index (χ4n) is 2.46. The van der Waals surface area contributed by atoms with Gasteiger partial charge in [-0.3, -0.25) is 9.98 Å². The summed E-state index contributed by atoms with van der Waals surface area (Å²) in [5.41, 5.74) is 3.19. The Morgan fingerprint density at radius 3 is 1.56 bits per heavy atom. The molecule has 0 unspecified atom stereocenters. The van der Waals surface area contributed by atoms with Crippen LogP contribution in [0.5, 0.6) is 11.5 Å². The lowest BCUT2D eigenvalue weighted by Crippen LogP contribution is -2.21. The van der Waals surface area contributed by atoms with Crippen LogP contribution in [-0.4, -0.2) is 47.8 Å². The fourth-order valence-corrected chi connectivity index (χ4v) is 2.46. The summed E-state index contributed by atoms with van der Waals surface area (Å²) in [6.45, 7) is 6.57. The number of benzene rings is 2. The average Bonchev–Trinajstić information content (AvgIpc) is 2.61. The minimum atomic E-state index is 0.255. The monoisotopic (exact) mass is 339 g/mol. The third-order valence-corrected chi connectivity index (χ3v) is 3.86. The number of aromatic hydroxyl groups is 2. The van der Waals surface area contributed by atoms with Gasteiger partial charge in [0.25, 0.3) is 0 Å². The summed E-state index contributed by atoms with van der Waals surface area (Å²) >= 11 is 0. The lowest BCUT2D eigenvalue weighted by molar-refractivity contribution is 0.473. The van der Waals surface area contributed by atoms with Gasteiger partial charge in [-0.1, -0.05) is 24.3 Å². The summed E-state index contributed by atoms with van der Waals surface area (Å²) in [4.78, 5) is 8.94. The van der Waals surface area contributed by atoms with E-state index in [0.29, 0.717) is 13.1 Å². The van der Waals surface area contributed by atoms with Crippen molar-refractivity contribution in [2.75, 3.05) is 26.2 Å². The number of hydrogen-bond acceptors (Lipinski definition) is 5. The molecule has 5 heteroatoms. The van der Waals surface area contributed by atoms with Crippen molar-refractivity contribution in [3.8, 4) is 11.5 Å². The summed E-state index contributed by atoms with van der Waals surface area (Å²) in [5, 5.41) is 22.9. The number of para-hydroxylation sites is 2. The van der Waals surface area contributed by atoms with Crippen molar-refractivity contribution in [2.45, 2.75) is 13.8 Å². The van der Waals surface area contributed by atoms with Crippen LogP contribution in [0.2, 0.25) is 0 Å². The number of rotatable bonds is 8. The van der Waals surface area contributed by atoms with Crippen LogP contribution in [0.3, 0.4) is 0 Å². The van der Waals surface area contributed by atoms with Gasteiger partial charge in [0.1, 0.15) is 11.5 Å². The summed E-state index contributed by atoms with van der Waals surface area (Å²) in [6.07, 6.45) is 0. The maximum Gasteiger partial charge on any atom is 0.124 e. The summed E-state index contributed by atoms with van der Waals surface area (Å²) < 4.78 is 0. The molecule has 132 valence electrons. The van der Waals surface area contributed by atoms with Gasteiger partial charge < -0.3 is 15.5 Å². The predicted molar refractivity (Wildman–Crippen MR) is 103 cm³/mol. The first-order valence-corrected chi connectivity index (χ1v) is 8.39. The van der Waals surface area contributed by atoms with E-state index in [2.05, 4.69) is 15.3 Å². The van der Waals surface area contributed by atoms with Gasteiger partial charge in [0.15, 0.2) is 0 Å². The Morgan fingerprint density at radius 2 is 1.16 bits per heavy atom. The van der Waals surface area contributed by atoms with Crippen LogP contribution < -0.4 is 5.32 Å². The van der Waals surface area contributed by atoms with Gasteiger partial charge in [-0.2, -0.15) is 0 Å². The van der Waals surface area contributed by atoms with Crippen LogP contribution in [0.25, 0.3) is 0 Å². The Bertz CT molecular complexity index is 691. The lowest BCUT2D eigenvalue weighted by Gasteiger charge is -2.06. The van der Waals surface area contributed by atoms with Gasteiger partial charge in [0, 0.05) is 35.6 Å². The molecule has 0 spiro atoms. The number of nitrogens with zero attached hydrogens (tertiary/aromatic N) is 2. The molecule has 0 radical (unpaired) electrons. The molecule has 25 heavy (non-hydrogen) atoms. The molecule has 0 saturated carbocycles. The predicted octanol–water partition coefficient (Wildman–Crippen LogP) is 3.01. The van der Waals surface area contributed by atoms with Gasteiger partial charge in [-0.25, -0.2) is 0 Å². The van der Waals surface area contributed by atoms with Crippen molar-refractivity contribution >= 4 is 11.4 Å². The van der Waals surface area contributed by atoms with E-state index in [-0.39, 0.29) is 11.5 Å². The molecule has 0 heterocycles. The van der Waals surface area contributed by atoms with E-state index in [4.69, 9.17) is 0 Å². The van der Waals surface area contributed by atoms with Crippen LogP contribution in [0.1, 0.15) is 25.0 Å². The molecule has 0 atom stereocenters.